The Morgan fingerprint density at radius 2 is 1.03 bits per heavy atom. The molecule has 0 spiro atoms. The van der Waals surface area contributed by atoms with Crippen LogP contribution in [0.1, 0.15) is 198 Å². The molecule has 394 valence electrons. The maximum Gasteiger partial charge on any atom is 0.413 e. The Morgan fingerprint density at radius 1 is 0.634 bits per heavy atom. The SMILES string of the molecule is CCC(CC)(c1ccc(CCC(O)C(C)(C)C)c(C)c1)c1ccc(OC[C@H]2COC(C)(C)N2C(=O)OC(C)(C)C)c(C)c1.CCC(CC)(c1ccc(O)c(C)c1)c1ccc(CCC(O)C(C)(C)C)c(C)c1. The molecule has 8 nitrogen and oxygen atoms in total. The number of nitrogens with zero attached hydrogens (tertiary/aromatic N) is 1. The van der Waals surface area contributed by atoms with E-state index in [1.54, 1.807) is 4.90 Å². The van der Waals surface area contributed by atoms with Gasteiger partial charge in [0.1, 0.15) is 29.4 Å². The lowest BCUT2D eigenvalue weighted by atomic mass is 9.69. The maximum atomic E-state index is 13.0. The number of phenols is 1. The summed E-state index contributed by atoms with van der Waals surface area (Å²) in [6.07, 6.45) is 6.27. The lowest BCUT2D eigenvalue weighted by Gasteiger charge is -2.35. The third-order valence-corrected chi connectivity index (χ3v) is 15.7. The quantitative estimate of drug-likeness (QED) is 0.0967. The van der Waals surface area contributed by atoms with Crippen molar-refractivity contribution < 1.29 is 34.3 Å². The molecule has 1 saturated heterocycles. The van der Waals surface area contributed by atoms with Crippen molar-refractivity contribution in [3.05, 3.63) is 128 Å². The molecule has 1 heterocycles. The van der Waals surface area contributed by atoms with Crippen LogP contribution in [0.3, 0.4) is 0 Å². The van der Waals surface area contributed by atoms with E-state index in [9.17, 15) is 20.1 Å². The minimum absolute atomic E-state index is 0.0489. The van der Waals surface area contributed by atoms with Crippen molar-refractivity contribution in [3.63, 3.8) is 0 Å². The minimum Gasteiger partial charge on any atom is -0.508 e. The highest BCUT2D eigenvalue weighted by Crippen LogP contribution is 2.43. The van der Waals surface area contributed by atoms with Crippen LogP contribution in [0.5, 0.6) is 11.5 Å². The van der Waals surface area contributed by atoms with Crippen molar-refractivity contribution in [1.82, 2.24) is 4.90 Å². The third kappa shape index (κ3) is 14.4. The van der Waals surface area contributed by atoms with Crippen LogP contribution in [0.4, 0.5) is 4.79 Å². The van der Waals surface area contributed by atoms with Gasteiger partial charge in [-0.1, -0.05) is 130 Å². The average molecular weight is 978 g/mol. The van der Waals surface area contributed by atoms with Crippen LogP contribution in [0, 0.1) is 38.5 Å². The van der Waals surface area contributed by atoms with Crippen LogP contribution in [-0.2, 0) is 33.1 Å². The van der Waals surface area contributed by atoms with E-state index in [2.05, 4.69) is 157 Å². The first kappa shape index (κ1) is 59.2. The fourth-order valence-corrected chi connectivity index (χ4v) is 10.4. The summed E-state index contributed by atoms with van der Waals surface area (Å²) in [4.78, 5) is 14.7. The molecule has 1 amide bonds. The van der Waals surface area contributed by atoms with Gasteiger partial charge < -0.3 is 29.5 Å². The molecule has 4 aromatic rings. The van der Waals surface area contributed by atoms with Crippen molar-refractivity contribution in [1.29, 1.82) is 0 Å². The molecule has 8 heteroatoms. The van der Waals surface area contributed by atoms with Gasteiger partial charge in [-0.15, -0.1) is 0 Å². The molecule has 1 aliphatic heterocycles. The summed E-state index contributed by atoms with van der Waals surface area (Å²) in [6.45, 7) is 40.0. The molecule has 1 aliphatic rings. The summed E-state index contributed by atoms with van der Waals surface area (Å²) < 4.78 is 18.0. The van der Waals surface area contributed by atoms with E-state index >= 15 is 0 Å². The number of carbonyl (C=O) groups is 1. The number of aryl methyl sites for hydroxylation is 6. The van der Waals surface area contributed by atoms with Gasteiger partial charge in [-0.3, -0.25) is 4.90 Å². The van der Waals surface area contributed by atoms with Gasteiger partial charge in [-0.25, -0.2) is 4.79 Å². The zero-order valence-corrected chi connectivity index (χ0v) is 47.7. The Balaban J connectivity index is 0.000000338. The van der Waals surface area contributed by atoms with Crippen LogP contribution >= 0.6 is 0 Å². The first-order chi connectivity index (χ1) is 32.9. The number of rotatable bonds is 17. The molecule has 3 N–H and O–H groups in total. The van der Waals surface area contributed by atoms with E-state index in [0.29, 0.717) is 19.0 Å². The maximum absolute atomic E-state index is 13.0. The van der Waals surface area contributed by atoms with Gasteiger partial charge in [0, 0.05) is 10.8 Å². The zero-order chi connectivity index (χ0) is 53.5. The highest BCUT2D eigenvalue weighted by Gasteiger charge is 2.46. The topological polar surface area (TPSA) is 109 Å². The Kier molecular flexibility index (Phi) is 19.7. The number of benzene rings is 4. The van der Waals surface area contributed by atoms with E-state index in [0.717, 1.165) is 68.2 Å². The molecule has 71 heavy (non-hydrogen) atoms. The van der Waals surface area contributed by atoms with Gasteiger partial charge in [-0.2, -0.15) is 0 Å². The van der Waals surface area contributed by atoms with E-state index in [1.807, 2.05) is 47.6 Å². The van der Waals surface area contributed by atoms with E-state index in [4.69, 9.17) is 14.2 Å². The number of aliphatic hydroxyl groups excluding tert-OH is 2. The molecule has 1 fully saturated rings. The summed E-state index contributed by atoms with van der Waals surface area (Å²) in [6, 6.07) is 26.0. The lowest BCUT2D eigenvalue weighted by molar-refractivity contribution is -0.0637. The van der Waals surface area contributed by atoms with Crippen molar-refractivity contribution in [2.45, 2.75) is 223 Å². The fraction of sp³-hybridized carbons (Fsp3) is 0.603. The van der Waals surface area contributed by atoms with Gasteiger partial charge >= 0.3 is 6.09 Å². The molecule has 4 aromatic carbocycles. The van der Waals surface area contributed by atoms with Gasteiger partial charge in [0.2, 0.25) is 0 Å². The van der Waals surface area contributed by atoms with Gasteiger partial charge in [0.15, 0.2) is 0 Å². The van der Waals surface area contributed by atoms with Crippen LogP contribution in [0.2, 0.25) is 0 Å². The van der Waals surface area contributed by atoms with Gasteiger partial charge in [0.05, 0.1) is 24.9 Å². The molecular weight excluding hydrogens is 883 g/mol. The number of carbonyl (C=O) groups excluding carboxylic acids is 1. The number of ether oxygens (including phenoxy) is 3. The fourth-order valence-electron chi connectivity index (χ4n) is 10.4. The first-order valence-corrected chi connectivity index (χ1v) is 26.7. The molecule has 0 aliphatic carbocycles. The van der Waals surface area contributed by atoms with E-state index in [-0.39, 0.29) is 39.9 Å². The number of aliphatic hydroxyl groups is 2. The predicted octanol–water partition coefficient (Wildman–Crippen LogP) is 15.0. The predicted molar refractivity (Wildman–Crippen MR) is 294 cm³/mol. The molecule has 0 saturated carbocycles. The number of hydrogen-bond donors (Lipinski definition) is 3. The molecule has 0 aromatic heterocycles. The Labute approximate surface area is 430 Å². The standard InChI is InChI=1S/C37H57NO5.C26H38O2/c1-13-37(14-2,28-17-15-27(25(3)21-28)16-20-32(39)34(5,6)7)29-18-19-31(26(4)22-29)41-23-30-24-42-36(11,12)38(30)33(40)43-35(8,9)10;1-8-26(9-2,22-13-14-23(27)19(4)17-22)21-12-10-20(18(3)16-21)11-15-24(28)25(5,6)7/h15,17-19,21-22,30,32,39H,13-14,16,20,23-24H2,1-12H3;10,12-14,16-17,24,27-28H,8-9,11,15H2,1-7H3/t30-,32?;/m0./s1. The second kappa shape index (κ2) is 23.7. The van der Waals surface area contributed by atoms with Crippen LogP contribution < -0.4 is 4.74 Å². The van der Waals surface area contributed by atoms with Crippen LogP contribution in [0.25, 0.3) is 0 Å². The third-order valence-electron chi connectivity index (χ3n) is 15.7. The van der Waals surface area contributed by atoms with Gasteiger partial charge in [0.25, 0.3) is 0 Å². The monoisotopic (exact) mass is 978 g/mol. The van der Waals surface area contributed by atoms with Crippen molar-refractivity contribution in [3.8, 4) is 11.5 Å². The number of phenolic OH excluding ortho intramolecular Hbond substituents is 1. The number of aromatic hydroxyl groups is 1. The molecule has 2 unspecified atom stereocenters. The Morgan fingerprint density at radius 3 is 1.39 bits per heavy atom. The molecule has 0 radical (unpaired) electrons. The molecular formula is C63H95NO7. The first-order valence-electron chi connectivity index (χ1n) is 26.7. The minimum atomic E-state index is -0.767. The highest BCUT2D eigenvalue weighted by molar-refractivity contribution is 5.69. The van der Waals surface area contributed by atoms with Crippen LogP contribution in [0.15, 0.2) is 72.8 Å². The largest absolute Gasteiger partial charge is 0.508 e. The van der Waals surface area contributed by atoms with E-state index < -0.39 is 17.4 Å². The molecule has 0 bridgehead atoms. The second-order valence-corrected chi connectivity index (χ2v) is 24.3. The summed E-state index contributed by atoms with van der Waals surface area (Å²) in [7, 11) is 0. The number of hydrogen-bond acceptors (Lipinski definition) is 7. The summed E-state index contributed by atoms with van der Waals surface area (Å²) >= 11 is 0. The lowest BCUT2D eigenvalue weighted by Crippen LogP contribution is -2.51. The highest BCUT2D eigenvalue weighted by atomic mass is 16.6. The molecule has 3 atom stereocenters. The second-order valence-electron chi connectivity index (χ2n) is 24.3. The normalized spacial score (nSPS) is 16.3. The number of amides is 1. The summed E-state index contributed by atoms with van der Waals surface area (Å²) in [5.74, 6) is 1.16. The molecule has 5 rings (SSSR count). The van der Waals surface area contributed by atoms with Crippen LogP contribution in [-0.4, -0.2) is 69.1 Å². The Bertz CT molecular complexity index is 2370. The van der Waals surface area contributed by atoms with Crippen molar-refractivity contribution >= 4 is 6.09 Å². The van der Waals surface area contributed by atoms with Gasteiger partial charge in [-0.05, 0) is 192 Å². The van der Waals surface area contributed by atoms with Crippen molar-refractivity contribution in [2.75, 3.05) is 13.2 Å². The summed E-state index contributed by atoms with van der Waals surface area (Å²) in [5.41, 5.74) is 10.7. The Hall–Kier alpha value is -4.37. The average Bonchev–Trinajstić information content (AvgIpc) is 3.60. The summed E-state index contributed by atoms with van der Waals surface area (Å²) in [5, 5.41) is 30.9. The van der Waals surface area contributed by atoms with E-state index in [1.165, 1.54) is 44.5 Å². The van der Waals surface area contributed by atoms with Crippen molar-refractivity contribution in [2.24, 2.45) is 10.8 Å². The zero-order valence-electron chi connectivity index (χ0n) is 47.7. The smallest absolute Gasteiger partial charge is 0.413 e.